The molecule has 1 atom stereocenters. The number of rotatable bonds is 4. The number of anilines is 1. The van der Waals surface area contributed by atoms with Gasteiger partial charge >= 0.3 is 12.1 Å². The molecule has 1 aliphatic heterocycles. The van der Waals surface area contributed by atoms with Crippen molar-refractivity contribution < 1.29 is 14.3 Å². The second kappa shape index (κ2) is 8.53. The van der Waals surface area contributed by atoms with E-state index in [2.05, 4.69) is 36.1 Å². The summed E-state index contributed by atoms with van der Waals surface area (Å²) >= 11 is 0. The summed E-state index contributed by atoms with van der Waals surface area (Å²) in [6.45, 7) is 6.98. The number of nitrogens with one attached hydrogen (secondary N) is 1. The van der Waals surface area contributed by atoms with Gasteiger partial charge in [0.25, 0.3) is 0 Å². The number of benzene rings is 1. The molecule has 1 aromatic rings. The van der Waals surface area contributed by atoms with Crippen LogP contribution in [0.1, 0.15) is 26.3 Å². The van der Waals surface area contributed by atoms with Crippen LogP contribution in [0.5, 0.6) is 0 Å². The number of amides is 4. The lowest BCUT2D eigenvalue weighted by Gasteiger charge is -2.31. The van der Waals surface area contributed by atoms with Gasteiger partial charge in [0, 0.05) is 12.8 Å². The minimum atomic E-state index is -0.539. The Morgan fingerprint density at radius 1 is 1.24 bits per heavy atom. The molecule has 0 saturated heterocycles. The van der Waals surface area contributed by atoms with Crippen LogP contribution in [0, 0.1) is 5.92 Å². The van der Waals surface area contributed by atoms with Crippen molar-refractivity contribution in [1.29, 1.82) is 0 Å². The summed E-state index contributed by atoms with van der Waals surface area (Å²) in [7, 11) is 1.55. The summed E-state index contributed by atoms with van der Waals surface area (Å²) in [5.41, 5.74) is 2.42. The number of amidine groups is 1. The Morgan fingerprint density at radius 3 is 2.62 bits per heavy atom. The first kappa shape index (κ1) is 20.7. The van der Waals surface area contributed by atoms with E-state index in [4.69, 9.17) is 4.74 Å². The monoisotopic (exact) mass is 394 g/mol. The number of hydrogen-bond donors (Lipinski definition) is 1. The van der Waals surface area contributed by atoms with Crippen molar-refractivity contribution in [2.75, 3.05) is 25.6 Å². The summed E-state index contributed by atoms with van der Waals surface area (Å²) in [6.07, 6.45) is 7.29. The van der Waals surface area contributed by atoms with Gasteiger partial charge in [-0.05, 0) is 29.2 Å². The van der Waals surface area contributed by atoms with Crippen LogP contribution in [-0.4, -0.2) is 48.8 Å². The molecule has 29 heavy (non-hydrogen) atoms. The average Bonchev–Trinajstić information content (AvgIpc) is 2.67. The molecule has 3 rings (SSSR count). The zero-order valence-corrected chi connectivity index (χ0v) is 17.2. The van der Waals surface area contributed by atoms with Gasteiger partial charge in [0.1, 0.15) is 5.84 Å². The maximum Gasteiger partial charge on any atom is 0.349 e. The number of aliphatic imine (C=N–C) groups is 2. The average molecular weight is 394 g/mol. The van der Waals surface area contributed by atoms with E-state index in [0.29, 0.717) is 23.8 Å². The second-order valence-corrected chi connectivity index (χ2v) is 7.91. The second-order valence-electron chi connectivity index (χ2n) is 7.91. The number of urea groups is 2. The molecule has 0 aromatic heterocycles. The highest BCUT2D eigenvalue weighted by Gasteiger charge is 2.34. The number of carbonyl (C=O) groups is 2. The van der Waals surface area contributed by atoms with Gasteiger partial charge in [0.15, 0.2) is 0 Å². The highest BCUT2D eigenvalue weighted by molar-refractivity contribution is 6.24. The Morgan fingerprint density at radius 2 is 1.97 bits per heavy atom. The molecular weight excluding hydrogens is 368 g/mol. The van der Waals surface area contributed by atoms with Crippen molar-refractivity contribution >= 4 is 29.3 Å². The molecule has 1 unspecified atom stereocenters. The van der Waals surface area contributed by atoms with E-state index in [1.807, 2.05) is 42.5 Å². The van der Waals surface area contributed by atoms with E-state index in [0.717, 1.165) is 0 Å². The van der Waals surface area contributed by atoms with Gasteiger partial charge in [-0.2, -0.15) is 9.98 Å². The number of hydrogen-bond acceptors (Lipinski definition) is 3. The third-order valence-corrected chi connectivity index (χ3v) is 4.75. The van der Waals surface area contributed by atoms with E-state index < -0.39 is 12.1 Å². The van der Waals surface area contributed by atoms with Gasteiger partial charge in [-0.3, -0.25) is 4.90 Å². The third kappa shape index (κ3) is 4.86. The Kier molecular flexibility index (Phi) is 6.08. The fourth-order valence-electron chi connectivity index (χ4n) is 3.13. The van der Waals surface area contributed by atoms with E-state index >= 15 is 0 Å². The molecule has 0 saturated carbocycles. The van der Waals surface area contributed by atoms with Crippen LogP contribution in [0.2, 0.25) is 0 Å². The minimum Gasteiger partial charge on any atom is -0.383 e. The Balaban J connectivity index is 1.83. The largest absolute Gasteiger partial charge is 0.383 e. The molecule has 0 fully saturated rings. The zero-order chi connectivity index (χ0) is 21.0. The molecule has 2 aliphatic rings. The normalized spacial score (nSPS) is 19.9. The van der Waals surface area contributed by atoms with Crippen LogP contribution in [0.4, 0.5) is 15.3 Å². The maximum atomic E-state index is 12.6. The van der Waals surface area contributed by atoms with Crippen LogP contribution in [0.3, 0.4) is 0 Å². The summed E-state index contributed by atoms with van der Waals surface area (Å²) in [5.74, 6) is 0.00466. The molecule has 1 aromatic carbocycles. The van der Waals surface area contributed by atoms with Gasteiger partial charge in [-0.1, -0.05) is 51.1 Å². The molecule has 4 amide bonds. The molecule has 7 nitrogen and oxygen atoms in total. The number of ether oxygens (including phenoxy) is 1. The number of nitrogens with zero attached hydrogens (tertiary/aromatic N) is 3. The Labute approximate surface area is 170 Å². The van der Waals surface area contributed by atoms with Gasteiger partial charge in [-0.25, -0.2) is 9.59 Å². The van der Waals surface area contributed by atoms with E-state index in [9.17, 15) is 9.59 Å². The molecule has 1 heterocycles. The molecule has 1 N–H and O–H groups in total. The molecule has 0 radical (unpaired) electrons. The Hall–Kier alpha value is -3.06. The number of fused-ring (bicyclic) bond motifs is 1. The van der Waals surface area contributed by atoms with E-state index in [1.165, 1.54) is 10.5 Å². The van der Waals surface area contributed by atoms with Crippen LogP contribution in [0.25, 0.3) is 0 Å². The standard InChI is InChI=1S/C22H26N4O3/c1-22(2,3)15-9-11-16(12-10-15)23-20(27)25-19-17-7-5-6-8-18(17)24-21(28)26(19)13-14-29-4/h5-12,17H,13-14H2,1-4H3,(H,23,27)/b25-19-. The highest BCUT2D eigenvalue weighted by Crippen LogP contribution is 2.24. The van der Waals surface area contributed by atoms with Gasteiger partial charge in [0.2, 0.25) is 0 Å². The molecule has 7 heteroatoms. The fraction of sp³-hybridized carbons (Fsp3) is 0.364. The molecule has 152 valence electrons. The molecular formula is C22H26N4O3. The van der Waals surface area contributed by atoms with Gasteiger partial charge in [-0.15, -0.1) is 0 Å². The maximum absolute atomic E-state index is 12.6. The lowest BCUT2D eigenvalue weighted by molar-refractivity contribution is 0.174. The first-order valence-corrected chi connectivity index (χ1v) is 9.53. The van der Waals surface area contributed by atoms with Crippen LogP contribution in [-0.2, 0) is 10.2 Å². The Bertz CT molecular complexity index is 905. The van der Waals surface area contributed by atoms with Crippen molar-refractivity contribution in [1.82, 2.24) is 4.90 Å². The molecule has 0 spiro atoms. The van der Waals surface area contributed by atoms with Crippen LogP contribution < -0.4 is 5.32 Å². The van der Waals surface area contributed by atoms with Crippen molar-refractivity contribution in [2.24, 2.45) is 15.9 Å². The molecule has 1 aliphatic carbocycles. The summed E-state index contributed by atoms with van der Waals surface area (Å²) in [4.78, 5) is 34.8. The first-order valence-electron chi connectivity index (χ1n) is 9.53. The fourth-order valence-corrected chi connectivity index (χ4v) is 3.13. The van der Waals surface area contributed by atoms with Crippen molar-refractivity contribution in [2.45, 2.75) is 26.2 Å². The first-order chi connectivity index (χ1) is 13.8. The quantitative estimate of drug-likeness (QED) is 0.831. The number of carbonyl (C=O) groups excluding carboxylic acids is 2. The smallest absolute Gasteiger partial charge is 0.349 e. The summed E-state index contributed by atoms with van der Waals surface area (Å²) < 4.78 is 5.09. The van der Waals surface area contributed by atoms with Crippen molar-refractivity contribution in [3.63, 3.8) is 0 Å². The predicted octanol–water partition coefficient (Wildman–Crippen LogP) is 4.18. The lowest BCUT2D eigenvalue weighted by Crippen LogP contribution is -2.48. The van der Waals surface area contributed by atoms with Crippen LogP contribution >= 0.6 is 0 Å². The highest BCUT2D eigenvalue weighted by atomic mass is 16.5. The van der Waals surface area contributed by atoms with Crippen molar-refractivity contribution in [3.05, 3.63) is 54.1 Å². The van der Waals surface area contributed by atoms with E-state index in [1.54, 1.807) is 13.2 Å². The summed E-state index contributed by atoms with van der Waals surface area (Å²) in [5, 5.41) is 2.78. The van der Waals surface area contributed by atoms with Crippen LogP contribution in [0.15, 0.2) is 58.6 Å². The lowest BCUT2D eigenvalue weighted by atomic mass is 9.87. The van der Waals surface area contributed by atoms with Crippen molar-refractivity contribution in [3.8, 4) is 0 Å². The SMILES string of the molecule is COCCN1C(=O)N=C2C=CC=CC2/C1=N/C(=O)Nc1ccc(C(C)(C)C)cc1. The molecule has 0 bridgehead atoms. The number of methoxy groups -OCH3 is 1. The van der Waals surface area contributed by atoms with Gasteiger partial charge in [0.05, 0.1) is 24.8 Å². The minimum absolute atomic E-state index is 0.0314. The third-order valence-electron chi connectivity index (χ3n) is 4.75. The predicted molar refractivity (Wildman–Crippen MR) is 115 cm³/mol. The summed E-state index contributed by atoms with van der Waals surface area (Å²) in [6, 6.07) is 6.68. The van der Waals surface area contributed by atoms with Gasteiger partial charge < -0.3 is 10.1 Å². The number of allylic oxidation sites excluding steroid dienone is 3. The topological polar surface area (TPSA) is 83.4 Å². The zero-order valence-electron chi connectivity index (χ0n) is 17.2. The van der Waals surface area contributed by atoms with E-state index in [-0.39, 0.29) is 17.9 Å².